The fraction of sp³-hybridized carbons (Fsp3) is 0.500. The third-order valence-electron chi connectivity index (χ3n) is 3.18. The summed E-state index contributed by atoms with van der Waals surface area (Å²) in [4.78, 5) is -0.205. The summed E-state index contributed by atoms with van der Waals surface area (Å²) >= 11 is 5.77. The van der Waals surface area contributed by atoms with Crippen LogP contribution in [0.15, 0.2) is 17.0 Å². The number of hydrogen-bond donors (Lipinski definition) is 2. The van der Waals surface area contributed by atoms with Crippen molar-refractivity contribution in [3.05, 3.63) is 23.0 Å². The van der Waals surface area contributed by atoms with Crippen LogP contribution in [0.25, 0.3) is 0 Å². The van der Waals surface area contributed by atoms with Crippen LogP contribution in [-0.2, 0) is 10.0 Å². The molecule has 0 aliphatic heterocycles. The molecule has 0 fully saturated rings. The summed E-state index contributed by atoms with van der Waals surface area (Å²) in [6.07, 6.45) is 0.836. The molecule has 108 valence electrons. The minimum atomic E-state index is -3.81. The van der Waals surface area contributed by atoms with Crippen molar-refractivity contribution in [2.45, 2.75) is 38.1 Å². The zero-order chi connectivity index (χ0) is 14.8. The van der Waals surface area contributed by atoms with Gasteiger partial charge in [-0.05, 0) is 25.0 Å². The van der Waals surface area contributed by atoms with Gasteiger partial charge in [0.1, 0.15) is 10.7 Å². The van der Waals surface area contributed by atoms with Crippen LogP contribution in [0, 0.1) is 11.7 Å². The van der Waals surface area contributed by atoms with E-state index in [0.29, 0.717) is 0 Å². The zero-order valence-corrected chi connectivity index (χ0v) is 12.6. The molecule has 19 heavy (non-hydrogen) atoms. The largest absolute Gasteiger partial charge is 0.396 e. The molecule has 1 aromatic rings. The average Bonchev–Trinajstić information content (AvgIpc) is 2.31. The van der Waals surface area contributed by atoms with Gasteiger partial charge in [0.25, 0.3) is 0 Å². The second-order valence-corrected chi connectivity index (χ2v) is 6.69. The lowest BCUT2D eigenvalue weighted by molar-refractivity contribution is 0.434. The third-order valence-corrected chi connectivity index (χ3v) is 5.20. The quantitative estimate of drug-likeness (QED) is 0.822. The summed E-state index contributed by atoms with van der Waals surface area (Å²) in [5.74, 6) is -0.565. The molecule has 0 bridgehead atoms. The second-order valence-electron chi connectivity index (χ2n) is 4.60. The van der Waals surface area contributed by atoms with Crippen molar-refractivity contribution >= 4 is 27.3 Å². The number of nitrogens with one attached hydrogen (secondary N) is 1. The molecule has 0 heterocycles. The lowest BCUT2D eigenvalue weighted by atomic mass is 10.0. The van der Waals surface area contributed by atoms with Crippen LogP contribution in [-0.4, -0.2) is 14.5 Å². The molecule has 4 nitrogen and oxygen atoms in total. The molecule has 7 heteroatoms. The summed E-state index contributed by atoms with van der Waals surface area (Å²) in [5, 5.41) is -0.185. The highest BCUT2D eigenvalue weighted by atomic mass is 35.5. The standard InChI is InChI=1S/C12H18ClFN2O2S/c1-4-7(2)8(3)16-19(17,18)12-6-11(15)10(14)5-9(12)13/h5-8,16H,4,15H2,1-3H3. The molecular formula is C12H18ClFN2O2S. The van der Waals surface area contributed by atoms with E-state index in [4.69, 9.17) is 17.3 Å². The van der Waals surface area contributed by atoms with Crippen LogP contribution in [0.2, 0.25) is 5.02 Å². The van der Waals surface area contributed by atoms with E-state index in [2.05, 4.69) is 4.72 Å². The van der Waals surface area contributed by atoms with Gasteiger partial charge >= 0.3 is 0 Å². The Kier molecular flexibility index (Phi) is 5.18. The predicted molar refractivity (Wildman–Crippen MR) is 75.1 cm³/mol. The van der Waals surface area contributed by atoms with Gasteiger partial charge in [-0.15, -0.1) is 0 Å². The molecule has 0 spiro atoms. The highest BCUT2D eigenvalue weighted by Crippen LogP contribution is 2.26. The monoisotopic (exact) mass is 308 g/mol. The van der Waals surface area contributed by atoms with Crippen molar-refractivity contribution in [1.82, 2.24) is 4.72 Å². The van der Waals surface area contributed by atoms with Gasteiger partial charge in [0.15, 0.2) is 0 Å². The Bertz CT molecular complexity index is 563. The molecule has 0 saturated carbocycles. The Morgan fingerprint density at radius 3 is 2.53 bits per heavy atom. The molecule has 2 unspecified atom stereocenters. The maximum Gasteiger partial charge on any atom is 0.242 e. The Morgan fingerprint density at radius 2 is 2.00 bits per heavy atom. The van der Waals surface area contributed by atoms with Gasteiger partial charge < -0.3 is 5.73 Å². The molecule has 0 aliphatic carbocycles. The van der Waals surface area contributed by atoms with Crippen LogP contribution >= 0.6 is 11.6 Å². The van der Waals surface area contributed by atoms with Gasteiger partial charge in [-0.3, -0.25) is 0 Å². The molecule has 2 atom stereocenters. The molecular weight excluding hydrogens is 291 g/mol. The Balaban J connectivity index is 3.11. The zero-order valence-electron chi connectivity index (χ0n) is 11.1. The van der Waals surface area contributed by atoms with Crippen molar-refractivity contribution in [3.63, 3.8) is 0 Å². The van der Waals surface area contributed by atoms with Crippen LogP contribution in [0.5, 0.6) is 0 Å². The van der Waals surface area contributed by atoms with Crippen LogP contribution in [0.3, 0.4) is 0 Å². The number of rotatable bonds is 5. The maximum absolute atomic E-state index is 13.2. The molecule has 0 aliphatic rings. The van der Waals surface area contributed by atoms with E-state index in [-0.39, 0.29) is 27.6 Å². The first-order valence-electron chi connectivity index (χ1n) is 5.95. The van der Waals surface area contributed by atoms with Crippen molar-refractivity contribution in [3.8, 4) is 0 Å². The maximum atomic E-state index is 13.2. The molecule has 0 amide bonds. The number of hydrogen-bond acceptors (Lipinski definition) is 3. The van der Waals surface area contributed by atoms with Gasteiger partial charge in [0.2, 0.25) is 10.0 Å². The Morgan fingerprint density at radius 1 is 1.42 bits per heavy atom. The summed E-state index contributed by atoms with van der Waals surface area (Å²) in [7, 11) is -3.81. The number of nitrogens with two attached hydrogens (primary N) is 1. The Labute approximate surface area is 118 Å². The number of anilines is 1. The molecule has 3 N–H and O–H groups in total. The van der Waals surface area contributed by atoms with Gasteiger partial charge in [-0.25, -0.2) is 17.5 Å². The van der Waals surface area contributed by atoms with E-state index in [1.165, 1.54) is 0 Å². The van der Waals surface area contributed by atoms with Crippen molar-refractivity contribution in [2.24, 2.45) is 5.92 Å². The predicted octanol–water partition coefficient (Wildman–Crippen LogP) is 2.77. The second kappa shape index (κ2) is 6.07. The van der Waals surface area contributed by atoms with Crippen LogP contribution in [0.4, 0.5) is 10.1 Å². The minimum absolute atomic E-state index is 0.173. The van der Waals surface area contributed by atoms with Crippen molar-refractivity contribution in [1.29, 1.82) is 0 Å². The number of benzene rings is 1. The SMILES string of the molecule is CCC(C)C(C)NS(=O)(=O)c1cc(N)c(F)cc1Cl. The third kappa shape index (κ3) is 3.81. The molecule has 1 aromatic carbocycles. The molecule has 0 aromatic heterocycles. The average molecular weight is 309 g/mol. The van der Waals surface area contributed by atoms with Crippen LogP contribution in [0.1, 0.15) is 27.2 Å². The van der Waals surface area contributed by atoms with E-state index in [1.807, 2.05) is 13.8 Å². The lowest BCUT2D eigenvalue weighted by Gasteiger charge is -2.20. The van der Waals surface area contributed by atoms with Gasteiger partial charge in [0, 0.05) is 6.04 Å². The minimum Gasteiger partial charge on any atom is -0.396 e. The summed E-state index contributed by atoms with van der Waals surface area (Å²) in [6, 6.07) is 1.68. The summed E-state index contributed by atoms with van der Waals surface area (Å²) in [5.41, 5.74) is 5.13. The topological polar surface area (TPSA) is 72.2 Å². The van der Waals surface area contributed by atoms with E-state index in [1.54, 1.807) is 6.92 Å². The van der Waals surface area contributed by atoms with Crippen molar-refractivity contribution < 1.29 is 12.8 Å². The van der Waals surface area contributed by atoms with Gasteiger partial charge in [-0.1, -0.05) is 31.9 Å². The number of nitrogen functional groups attached to an aromatic ring is 1. The first kappa shape index (κ1) is 16.2. The van der Waals surface area contributed by atoms with E-state index in [0.717, 1.165) is 18.6 Å². The van der Waals surface area contributed by atoms with Crippen molar-refractivity contribution in [2.75, 3.05) is 5.73 Å². The molecule has 0 saturated heterocycles. The summed E-state index contributed by atoms with van der Waals surface area (Å²) < 4.78 is 40.0. The summed E-state index contributed by atoms with van der Waals surface area (Å²) in [6.45, 7) is 5.68. The van der Waals surface area contributed by atoms with Gasteiger partial charge in [0.05, 0.1) is 10.7 Å². The normalized spacial score (nSPS) is 15.2. The van der Waals surface area contributed by atoms with Crippen LogP contribution < -0.4 is 10.5 Å². The van der Waals surface area contributed by atoms with Gasteiger partial charge in [-0.2, -0.15) is 0 Å². The van der Waals surface area contributed by atoms with E-state index < -0.39 is 15.8 Å². The highest BCUT2D eigenvalue weighted by Gasteiger charge is 2.23. The highest BCUT2D eigenvalue weighted by molar-refractivity contribution is 7.89. The fourth-order valence-electron chi connectivity index (χ4n) is 1.53. The fourth-order valence-corrected chi connectivity index (χ4v) is 3.43. The number of sulfonamides is 1. The Hall–Kier alpha value is -0.850. The lowest BCUT2D eigenvalue weighted by Crippen LogP contribution is -2.37. The first-order valence-corrected chi connectivity index (χ1v) is 7.82. The first-order chi connectivity index (χ1) is 8.69. The number of halogens is 2. The smallest absolute Gasteiger partial charge is 0.242 e. The molecule has 1 rings (SSSR count). The molecule has 0 radical (unpaired) electrons. The van der Waals surface area contributed by atoms with E-state index >= 15 is 0 Å². The van der Waals surface area contributed by atoms with E-state index in [9.17, 15) is 12.8 Å².